The topological polar surface area (TPSA) is 0 Å². The molecule has 0 heteroatoms. The minimum atomic E-state index is 0.984. The highest BCUT2D eigenvalue weighted by molar-refractivity contribution is 5.71. The van der Waals surface area contributed by atoms with E-state index in [0.29, 0.717) is 0 Å². The van der Waals surface area contributed by atoms with Gasteiger partial charge >= 0.3 is 0 Å². The first-order chi connectivity index (χ1) is 10.7. The Morgan fingerprint density at radius 3 is 1.91 bits per heavy atom. The maximum absolute atomic E-state index is 2.34. The number of hydrogen-bond donors (Lipinski definition) is 0. The van der Waals surface area contributed by atoms with Crippen LogP contribution in [-0.4, -0.2) is 0 Å². The molecule has 0 saturated heterocycles. The highest BCUT2D eigenvalue weighted by atomic mass is 14.2. The third-order valence-corrected chi connectivity index (χ3v) is 4.60. The van der Waals surface area contributed by atoms with Crippen molar-refractivity contribution in [3.8, 4) is 11.1 Å². The second-order valence-electron chi connectivity index (χ2n) is 6.00. The van der Waals surface area contributed by atoms with E-state index in [9.17, 15) is 0 Å². The lowest BCUT2D eigenvalue weighted by Gasteiger charge is -2.18. The van der Waals surface area contributed by atoms with Gasteiger partial charge in [0.2, 0.25) is 0 Å². The third-order valence-electron chi connectivity index (χ3n) is 4.60. The largest absolute Gasteiger partial charge is 0.0622 e. The predicted octanol–water partition coefficient (Wildman–Crippen LogP) is 5.87. The summed E-state index contributed by atoms with van der Waals surface area (Å²) in [5.41, 5.74) is 9.68. The quantitative estimate of drug-likeness (QED) is 0.565. The van der Waals surface area contributed by atoms with Crippen molar-refractivity contribution in [2.24, 2.45) is 0 Å². The molecule has 0 amide bonds. The van der Waals surface area contributed by atoms with Gasteiger partial charge < -0.3 is 0 Å². The van der Waals surface area contributed by atoms with Crippen LogP contribution in [0.1, 0.15) is 27.8 Å². The van der Waals surface area contributed by atoms with E-state index in [1.165, 1.54) is 38.9 Å². The summed E-state index contributed by atoms with van der Waals surface area (Å²) in [5, 5.41) is 0. The first-order valence-electron chi connectivity index (χ1n) is 7.86. The van der Waals surface area contributed by atoms with Gasteiger partial charge in [-0.3, -0.25) is 0 Å². The van der Waals surface area contributed by atoms with Crippen LogP contribution in [0.5, 0.6) is 0 Å². The van der Waals surface area contributed by atoms with Crippen LogP contribution in [0.4, 0.5) is 0 Å². The van der Waals surface area contributed by atoms with E-state index in [4.69, 9.17) is 0 Å². The molecule has 0 aliphatic carbocycles. The van der Waals surface area contributed by atoms with E-state index in [1.54, 1.807) is 0 Å². The van der Waals surface area contributed by atoms with Crippen LogP contribution in [0.2, 0.25) is 0 Å². The summed E-state index contributed by atoms with van der Waals surface area (Å²) in [7, 11) is 0. The molecule has 0 aliphatic rings. The summed E-state index contributed by atoms with van der Waals surface area (Å²) in [6.45, 7) is 6.70. The molecule has 0 nitrogen and oxygen atoms in total. The van der Waals surface area contributed by atoms with E-state index in [1.807, 2.05) is 0 Å². The average Bonchev–Trinajstić information content (AvgIpc) is 2.57. The van der Waals surface area contributed by atoms with Crippen molar-refractivity contribution in [3.05, 3.63) is 94.5 Å². The van der Waals surface area contributed by atoms with Crippen molar-refractivity contribution in [2.75, 3.05) is 0 Å². The van der Waals surface area contributed by atoms with Crippen LogP contribution in [-0.2, 0) is 6.42 Å². The van der Waals surface area contributed by atoms with Gasteiger partial charge in [0.25, 0.3) is 0 Å². The Kier molecular flexibility index (Phi) is 4.11. The molecule has 0 spiro atoms. The Bertz CT molecular complexity index is 768. The molecule has 3 aromatic carbocycles. The molecular formula is C22H22. The van der Waals surface area contributed by atoms with Crippen molar-refractivity contribution < 1.29 is 0 Å². The van der Waals surface area contributed by atoms with Crippen LogP contribution in [0.25, 0.3) is 11.1 Å². The van der Waals surface area contributed by atoms with Gasteiger partial charge in [-0.1, -0.05) is 66.7 Å². The Balaban J connectivity index is 2.16. The van der Waals surface area contributed by atoms with Crippen molar-refractivity contribution in [1.29, 1.82) is 0 Å². The number of aryl methyl sites for hydroxylation is 1. The van der Waals surface area contributed by atoms with Gasteiger partial charge in [-0.15, -0.1) is 0 Å². The fourth-order valence-corrected chi connectivity index (χ4v) is 3.04. The molecule has 22 heavy (non-hydrogen) atoms. The van der Waals surface area contributed by atoms with E-state index < -0.39 is 0 Å². The van der Waals surface area contributed by atoms with E-state index in [2.05, 4.69) is 87.5 Å². The Hall–Kier alpha value is -2.34. The van der Waals surface area contributed by atoms with Gasteiger partial charge in [0.05, 0.1) is 0 Å². The smallest absolute Gasteiger partial charge is 0.00169 e. The first-order valence-corrected chi connectivity index (χ1v) is 7.86. The second kappa shape index (κ2) is 6.19. The van der Waals surface area contributed by atoms with E-state index in [-0.39, 0.29) is 0 Å². The number of rotatable bonds is 3. The van der Waals surface area contributed by atoms with Gasteiger partial charge in [0.15, 0.2) is 0 Å². The normalized spacial score (nSPS) is 10.7. The zero-order valence-electron chi connectivity index (χ0n) is 13.6. The molecule has 0 aliphatic heterocycles. The molecule has 3 rings (SSSR count). The minimum absolute atomic E-state index is 0.984. The molecule has 0 bridgehead atoms. The summed E-state index contributed by atoms with van der Waals surface area (Å²) < 4.78 is 0. The molecule has 0 saturated carbocycles. The second-order valence-corrected chi connectivity index (χ2v) is 6.00. The Morgan fingerprint density at radius 1 is 0.682 bits per heavy atom. The van der Waals surface area contributed by atoms with Crippen LogP contribution < -0.4 is 0 Å². The van der Waals surface area contributed by atoms with Crippen LogP contribution in [0.15, 0.2) is 66.7 Å². The van der Waals surface area contributed by atoms with Crippen molar-refractivity contribution in [3.63, 3.8) is 0 Å². The molecule has 0 radical (unpaired) electrons. The van der Waals surface area contributed by atoms with Gasteiger partial charge in [0, 0.05) is 0 Å². The maximum atomic E-state index is 2.34. The number of benzene rings is 3. The molecule has 0 N–H and O–H groups in total. The monoisotopic (exact) mass is 286 g/mol. The predicted molar refractivity (Wildman–Crippen MR) is 95.3 cm³/mol. The highest BCUT2D eigenvalue weighted by Gasteiger charge is 2.12. The summed E-state index contributed by atoms with van der Waals surface area (Å²) >= 11 is 0. The highest BCUT2D eigenvalue weighted by Crippen LogP contribution is 2.32. The molecule has 0 heterocycles. The zero-order valence-corrected chi connectivity index (χ0v) is 13.6. The standard InChI is InChI=1S/C22H22/c1-16-14-22(20-12-8-5-9-13-20)21(18(3)17(16)2)15-19-10-6-4-7-11-19/h4-14H,15H2,1-3H3. The fraction of sp³-hybridized carbons (Fsp3) is 0.182. The Morgan fingerprint density at radius 2 is 1.27 bits per heavy atom. The van der Waals surface area contributed by atoms with Crippen LogP contribution in [0.3, 0.4) is 0 Å². The summed E-state index contributed by atoms with van der Waals surface area (Å²) in [6.07, 6.45) is 0.984. The molecule has 3 aromatic rings. The molecule has 0 aromatic heterocycles. The Labute approximate surface area is 133 Å². The van der Waals surface area contributed by atoms with Gasteiger partial charge in [-0.05, 0) is 66.1 Å². The van der Waals surface area contributed by atoms with Crippen LogP contribution in [0, 0.1) is 20.8 Å². The molecule has 0 fully saturated rings. The van der Waals surface area contributed by atoms with E-state index in [0.717, 1.165) is 6.42 Å². The van der Waals surface area contributed by atoms with Gasteiger partial charge in [-0.25, -0.2) is 0 Å². The minimum Gasteiger partial charge on any atom is -0.0622 e. The third kappa shape index (κ3) is 2.82. The molecule has 110 valence electrons. The van der Waals surface area contributed by atoms with Gasteiger partial charge in [-0.2, -0.15) is 0 Å². The first kappa shape index (κ1) is 14.6. The van der Waals surface area contributed by atoms with Crippen molar-refractivity contribution >= 4 is 0 Å². The van der Waals surface area contributed by atoms with Crippen molar-refractivity contribution in [1.82, 2.24) is 0 Å². The summed E-state index contributed by atoms with van der Waals surface area (Å²) in [6, 6.07) is 23.8. The maximum Gasteiger partial charge on any atom is -0.00169 e. The SMILES string of the molecule is Cc1cc(-c2ccccc2)c(Cc2ccccc2)c(C)c1C. The fourth-order valence-electron chi connectivity index (χ4n) is 3.04. The lowest BCUT2D eigenvalue weighted by Crippen LogP contribution is -2.00. The summed E-state index contributed by atoms with van der Waals surface area (Å²) in [4.78, 5) is 0. The lowest BCUT2D eigenvalue weighted by atomic mass is 9.87. The summed E-state index contributed by atoms with van der Waals surface area (Å²) in [5.74, 6) is 0. The zero-order chi connectivity index (χ0) is 15.5. The molecule has 0 unspecified atom stereocenters. The van der Waals surface area contributed by atoms with Crippen molar-refractivity contribution in [2.45, 2.75) is 27.2 Å². The van der Waals surface area contributed by atoms with Gasteiger partial charge in [0.1, 0.15) is 0 Å². The van der Waals surface area contributed by atoms with Crippen LogP contribution >= 0.6 is 0 Å². The lowest BCUT2D eigenvalue weighted by molar-refractivity contribution is 1.12. The van der Waals surface area contributed by atoms with E-state index >= 15 is 0 Å². The number of hydrogen-bond acceptors (Lipinski definition) is 0. The average molecular weight is 286 g/mol. The molecule has 0 atom stereocenters. The molecular weight excluding hydrogens is 264 g/mol.